The Balaban J connectivity index is 2.13. The van der Waals surface area contributed by atoms with Gasteiger partial charge in [-0.15, -0.1) is 0 Å². The van der Waals surface area contributed by atoms with E-state index in [9.17, 15) is 19.8 Å². The van der Waals surface area contributed by atoms with Gasteiger partial charge in [0.2, 0.25) is 0 Å². The monoisotopic (exact) mass is 558 g/mol. The first-order valence-corrected chi connectivity index (χ1v) is 12.5. The van der Waals surface area contributed by atoms with E-state index in [0.717, 1.165) is 13.1 Å². The summed E-state index contributed by atoms with van der Waals surface area (Å²) in [6.07, 6.45) is 1.62. The van der Waals surface area contributed by atoms with E-state index in [1.54, 1.807) is 42.5 Å². The van der Waals surface area contributed by atoms with Gasteiger partial charge in [0, 0.05) is 18.7 Å². The third-order valence-electron chi connectivity index (χ3n) is 6.17. The molecule has 36 heavy (non-hydrogen) atoms. The molecule has 1 aliphatic heterocycles. The van der Waals surface area contributed by atoms with Gasteiger partial charge in [0.05, 0.1) is 23.2 Å². The summed E-state index contributed by atoms with van der Waals surface area (Å²) in [7, 11) is 1.42. The zero-order valence-electron chi connectivity index (χ0n) is 20.7. The summed E-state index contributed by atoms with van der Waals surface area (Å²) < 4.78 is 11.1. The normalized spacial score (nSPS) is 17.0. The molecule has 0 saturated carbocycles. The largest absolute Gasteiger partial charge is 0.507 e. The number of amides is 1. The van der Waals surface area contributed by atoms with Gasteiger partial charge in [0.25, 0.3) is 11.7 Å². The van der Waals surface area contributed by atoms with Gasteiger partial charge in [-0.25, -0.2) is 0 Å². The van der Waals surface area contributed by atoms with Crippen LogP contribution in [0.2, 0.25) is 0 Å². The Bertz CT molecular complexity index is 1160. The summed E-state index contributed by atoms with van der Waals surface area (Å²) in [4.78, 5) is 30.1. The molecule has 1 amide bonds. The van der Waals surface area contributed by atoms with Crippen LogP contribution in [-0.2, 0) is 9.59 Å². The smallest absolute Gasteiger partial charge is 0.295 e. The number of benzene rings is 2. The first kappa shape index (κ1) is 27.3. The zero-order valence-corrected chi connectivity index (χ0v) is 22.2. The number of aliphatic hydroxyl groups excluding tert-OH is 1. The predicted octanol–water partition coefficient (Wildman–Crippen LogP) is 4.49. The number of ketones is 1. The molecule has 1 saturated heterocycles. The fourth-order valence-corrected chi connectivity index (χ4v) is 4.63. The van der Waals surface area contributed by atoms with Crippen LogP contribution in [0.3, 0.4) is 0 Å². The van der Waals surface area contributed by atoms with Crippen molar-refractivity contribution in [3.63, 3.8) is 0 Å². The number of likely N-dealkylation sites (tertiary alicyclic amines) is 1. The van der Waals surface area contributed by atoms with Gasteiger partial charge < -0.3 is 29.5 Å². The molecule has 1 fully saturated rings. The summed E-state index contributed by atoms with van der Waals surface area (Å²) in [5.41, 5.74) is 0.860. The van der Waals surface area contributed by atoms with Crippen molar-refractivity contribution in [1.82, 2.24) is 9.80 Å². The van der Waals surface area contributed by atoms with E-state index < -0.39 is 17.7 Å². The quantitative estimate of drug-likeness (QED) is 0.181. The number of phenolic OH excluding ortho intramolecular Hbond substituents is 1. The number of hydrogen-bond donors (Lipinski definition) is 2. The lowest BCUT2D eigenvalue weighted by molar-refractivity contribution is -0.140. The fourth-order valence-electron chi connectivity index (χ4n) is 4.17. The van der Waals surface area contributed by atoms with E-state index in [1.807, 2.05) is 13.8 Å². The van der Waals surface area contributed by atoms with Gasteiger partial charge >= 0.3 is 0 Å². The molecule has 2 aromatic rings. The fraction of sp³-hybridized carbons (Fsp3) is 0.333. The molecule has 1 heterocycles. The highest BCUT2D eigenvalue weighted by atomic mass is 79.9. The molecule has 0 spiro atoms. The SMILES string of the molecule is C=CCOc1ccc(C(O)=C2C(=O)C(=O)N(CCN(CC)CC)[C@H]2c2cc(Br)c(O)c(OC)c2)cc1. The van der Waals surface area contributed by atoms with Crippen molar-refractivity contribution >= 4 is 33.4 Å². The molecule has 2 aromatic carbocycles. The van der Waals surface area contributed by atoms with E-state index >= 15 is 0 Å². The number of aromatic hydroxyl groups is 1. The highest BCUT2D eigenvalue weighted by Gasteiger charge is 2.46. The molecule has 9 heteroatoms. The molecular formula is C27H31BrN2O6. The highest BCUT2D eigenvalue weighted by Crippen LogP contribution is 2.44. The zero-order chi connectivity index (χ0) is 26.4. The van der Waals surface area contributed by atoms with Crippen LogP contribution < -0.4 is 9.47 Å². The minimum absolute atomic E-state index is 0.0288. The summed E-state index contributed by atoms with van der Waals surface area (Å²) in [5.74, 6) is -1.10. The molecule has 1 aliphatic rings. The minimum Gasteiger partial charge on any atom is -0.507 e. The van der Waals surface area contributed by atoms with Gasteiger partial charge in [0.15, 0.2) is 11.5 Å². The van der Waals surface area contributed by atoms with Crippen molar-refractivity contribution in [2.75, 3.05) is 39.9 Å². The number of aliphatic hydroxyl groups is 1. The van der Waals surface area contributed by atoms with Gasteiger partial charge in [-0.1, -0.05) is 26.5 Å². The Morgan fingerprint density at radius 1 is 1.19 bits per heavy atom. The molecule has 1 atom stereocenters. The molecule has 3 rings (SSSR count). The van der Waals surface area contributed by atoms with Crippen LogP contribution in [0.5, 0.6) is 17.2 Å². The van der Waals surface area contributed by atoms with E-state index in [0.29, 0.717) is 34.5 Å². The molecule has 0 aromatic heterocycles. The number of carbonyl (C=O) groups excluding carboxylic acids is 2. The number of carbonyl (C=O) groups is 2. The maximum absolute atomic E-state index is 13.3. The molecule has 0 aliphatic carbocycles. The summed E-state index contributed by atoms with van der Waals surface area (Å²) in [6.45, 7) is 10.4. The molecule has 2 N–H and O–H groups in total. The first-order valence-electron chi connectivity index (χ1n) is 11.7. The van der Waals surface area contributed by atoms with Crippen LogP contribution in [0.4, 0.5) is 0 Å². The lowest BCUT2D eigenvalue weighted by atomic mass is 9.95. The van der Waals surface area contributed by atoms with Crippen molar-refractivity contribution in [3.05, 3.63) is 70.2 Å². The number of methoxy groups -OCH3 is 1. The number of Topliss-reactive ketones (excluding diaryl/α,β-unsaturated/α-hetero) is 1. The van der Waals surface area contributed by atoms with E-state index in [1.165, 1.54) is 12.0 Å². The first-order chi connectivity index (χ1) is 17.3. The van der Waals surface area contributed by atoms with Crippen molar-refractivity contribution in [2.45, 2.75) is 19.9 Å². The number of hydrogen-bond acceptors (Lipinski definition) is 7. The van der Waals surface area contributed by atoms with E-state index in [4.69, 9.17) is 9.47 Å². The van der Waals surface area contributed by atoms with Crippen molar-refractivity contribution in [3.8, 4) is 17.2 Å². The molecule has 192 valence electrons. The summed E-state index contributed by atoms with van der Waals surface area (Å²) in [6, 6.07) is 8.92. The Labute approximate surface area is 219 Å². The molecule has 0 unspecified atom stereocenters. The number of nitrogens with zero attached hydrogens (tertiary/aromatic N) is 2. The highest BCUT2D eigenvalue weighted by molar-refractivity contribution is 9.10. The van der Waals surface area contributed by atoms with E-state index in [2.05, 4.69) is 27.4 Å². The predicted molar refractivity (Wildman–Crippen MR) is 141 cm³/mol. The third kappa shape index (κ3) is 5.57. The second-order valence-corrected chi connectivity index (χ2v) is 9.05. The Morgan fingerprint density at radius 2 is 1.86 bits per heavy atom. The Hall–Kier alpha value is -3.30. The number of ether oxygens (including phenoxy) is 2. The van der Waals surface area contributed by atoms with Gasteiger partial charge in [-0.2, -0.15) is 0 Å². The molecule has 0 bridgehead atoms. The maximum atomic E-state index is 13.3. The average molecular weight is 559 g/mol. The molecule has 0 radical (unpaired) electrons. The second-order valence-electron chi connectivity index (χ2n) is 8.20. The summed E-state index contributed by atoms with van der Waals surface area (Å²) >= 11 is 3.32. The van der Waals surface area contributed by atoms with Gasteiger partial charge in [-0.05, 0) is 71.0 Å². The summed E-state index contributed by atoms with van der Waals surface area (Å²) in [5, 5.41) is 21.6. The molecule has 8 nitrogen and oxygen atoms in total. The van der Waals surface area contributed by atoms with E-state index in [-0.39, 0.29) is 29.4 Å². The van der Waals surface area contributed by atoms with Gasteiger partial charge in [-0.3, -0.25) is 9.59 Å². The number of phenols is 1. The third-order valence-corrected chi connectivity index (χ3v) is 6.78. The second kappa shape index (κ2) is 12.1. The van der Waals surface area contributed by atoms with Crippen LogP contribution in [0.1, 0.15) is 31.0 Å². The van der Waals surface area contributed by atoms with Crippen LogP contribution in [0.25, 0.3) is 5.76 Å². The lowest BCUT2D eigenvalue weighted by Gasteiger charge is -2.28. The Morgan fingerprint density at radius 3 is 2.44 bits per heavy atom. The van der Waals surface area contributed by atoms with Crippen LogP contribution >= 0.6 is 15.9 Å². The van der Waals surface area contributed by atoms with Crippen LogP contribution in [0.15, 0.2) is 59.1 Å². The van der Waals surface area contributed by atoms with Crippen molar-refractivity contribution < 1.29 is 29.3 Å². The maximum Gasteiger partial charge on any atom is 0.295 e. The van der Waals surface area contributed by atoms with Crippen molar-refractivity contribution in [1.29, 1.82) is 0 Å². The standard InChI is InChI=1S/C27H31BrN2O6/c1-5-14-36-19-10-8-17(9-11-19)24(31)22-23(18-15-20(28)25(32)21(16-18)35-4)30(27(34)26(22)33)13-12-29(6-2)7-3/h5,8-11,15-16,23,31-32H,1,6-7,12-14H2,2-4H3/t23-/m0/s1. The topological polar surface area (TPSA) is 99.5 Å². The van der Waals surface area contributed by atoms with Gasteiger partial charge in [0.1, 0.15) is 18.1 Å². The van der Waals surface area contributed by atoms with Crippen LogP contribution in [0, 0.1) is 0 Å². The average Bonchev–Trinajstić information content (AvgIpc) is 3.14. The van der Waals surface area contributed by atoms with Crippen molar-refractivity contribution in [2.24, 2.45) is 0 Å². The van der Waals surface area contributed by atoms with Crippen LogP contribution in [-0.4, -0.2) is 71.6 Å². The molecular weight excluding hydrogens is 528 g/mol. The lowest BCUT2D eigenvalue weighted by Crippen LogP contribution is -2.38. The number of rotatable bonds is 11. The Kier molecular flexibility index (Phi) is 9.17. The number of likely N-dealkylation sites (N-methyl/N-ethyl adjacent to an activating group) is 1. The minimum atomic E-state index is -0.872. The number of halogens is 1.